The predicted molar refractivity (Wildman–Crippen MR) is 97.1 cm³/mol. The fourth-order valence-corrected chi connectivity index (χ4v) is 4.95. The quantitative estimate of drug-likeness (QED) is 0.587. The van der Waals surface area contributed by atoms with Gasteiger partial charge in [0.1, 0.15) is 5.69 Å². The third-order valence-corrected chi connectivity index (χ3v) is 6.19. The van der Waals surface area contributed by atoms with Crippen molar-refractivity contribution in [3.63, 3.8) is 0 Å². The molecule has 0 aromatic heterocycles. The minimum absolute atomic E-state index is 0.116. The number of sulfonamides is 1. The van der Waals surface area contributed by atoms with Crippen LogP contribution in [0, 0.1) is 20.2 Å². The van der Waals surface area contributed by atoms with Crippen LogP contribution in [-0.4, -0.2) is 37.4 Å². The molecule has 0 spiro atoms. The third-order valence-electron chi connectivity index (χ3n) is 4.28. The molecule has 2 aromatic rings. The molecule has 0 bridgehead atoms. The van der Waals surface area contributed by atoms with E-state index < -0.39 is 36.5 Å². The van der Waals surface area contributed by atoms with Gasteiger partial charge in [-0.05, 0) is 25.1 Å². The van der Waals surface area contributed by atoms with Crippen LogP contribution in [0.4, 0.5) is 17.1 Å². The maximum atomic E-state index is 13.4. The van der Waals surface area contributed by atoms with Gasteiger partial charge in [0.2, 0.25) is 0 Å². The highest BCUT2D eigenvalue weighted by molar-refractivity contribution is 7.93. The fourth-order valence-electron chi connectivity index (χ4n) is 3.10. The van der Waals surface area contributed by atoms with Gasteiger partial charge in [-0.2, -0.15) is 0 Å². The van der Waals surface area contributed by atoms with Crippen LogP contribution in [0.5, 0.6) is 0 Å². The summed E-state index contributed by atoms with van der Waals surface area (Å²) in [5.41, 5.74) is -1.08. The molecule has 10 nitrogen and oxygen atoms in total. The first-order valence-electron chi connectivity index (χ1n) is 8.06. The topological polar surface area (TPSA) is 136 Å². The van der Waals surface area contributed by atoms with Crippen LogP contribution in [0.1, 0.15) is 6.42 Å². The highest BCUT2D eigenvalue weighted by Gasteiger charge is 2.40. The Morgan fingerprint density at radius 3 is 2.15 bits per heavy atom. The molecule has 11 heteroatoms. The summed E-state index contributed by atoms with van der Waals surface area (Å²) in [6.45, 7) is 0.820. The van der Waals surface area contributed by atoms with Gasteiger partial charge in [0, 0.05) is 18.7 Å². The fraction of sp³-hybridized carbons (Fsp3) is 0.250. The number of hydrogen-bond donors (Lipinski definition) is 1. The van der Waals surface area contributed by atoms with Crippen molar-refractivity contribution in [2.24, 2.45) is 0 Å². The van der Waals surface area contributed by atoms with Crippen LogP contribution >= 0.6 is 0 Å². The summed E-state index contributed by atoms with van der Waals surface area (Å²) < 4.78 is 27.7. The minimum Gasteiger partial charge on any atom is -0.315 e. The molecule has 1 aliphatic rings. The zero-order valence-electron chi connectivity index (χ0n) is 14.0. The van der Waals surface area contributed by atoms with Crippen molar-refractivity contribution in [3.05, 3.63) is 68.8 Å². The summed E-state index contributed by atoms with van der Waals surface area (Å²) in [5.74, 6) is 0. The lowest BCUT2D eigenvalue weighted by atomic mass is 10.2. The molecule has 1 saturated heterocycles. The lowest BCUT2D eigenvalue weighted by Gasteiger charge is -2.29. The van der Waals surface area contributed by atoms with Crippen molar-refractivity contribution in [2.75, 3.05) is 17.4 Å². The maximum absolute atomic E-state index is 13.4. The van der Waals surface area contributed by atoms with Crippen LogP contribution in [0.2, 0.25) is 0 Å². The molecule has 142 valence electrons. The van der Waals surface area contributed by atoms with Crippen LogP contribution in [0.15, 0.2) is 53.4 Å². The molecular weight excluding hydrogens is 376 g/mol. The molecule has 27 heavy (non-hydrogen) atoms. The van der Waals surface area contributed by atoms with Gasteiger partial charge in [0.05, 0.1) is 15.9 Å². The predicted octanol–water partition coefficient (Wildman–Crippen LogP) is 2.06. The normalized spacial score (nSPS) is 16.8. The van der Waals surface area contributed by atoms with E-state index in [0.29, 0.717) is 13.0 Å². The van der Waals surface area contributed by atoms with Gasteiger partial charge in [0.15, 0.2) is 4.90 Å². The Kier molecular flexibility index (Phi) is 5.06. The summed E-state index contributed by atoms with van der Waals surface area (Å²) in [4.78, 5) is 20.8. The van der Waals surface area contributed by atoms with Crippen LogP contribution in [0.3, 0.4) is 0 Å². The summed E-state index contributed by atoms with van der Waals surface area (Å²) in [5, 5.41) is 25.8. The number of para-hydroxylation sites is 3. The second-order valence-corrected chi connectivity index (χ2v) is 7.70. The van der Waals surface area contributed by atoms with Crippen LogP contribution < -0.4 is 9.62 Å². The van der Waals surface area contributed by atoms with E-state index >= 15 is 0 Å². The number of hydrogen-bond acceptors (Lipinski definition) is 7. The number of nitrogens with zero attached hydrogens (tertiary/aromatic N) is 3. The lowest BCUT2D eigenvalue weighted by Crippen LogP contribution is -2.42. The Morgan fingerprint density at radius 2 is 1.56 bits per heavy atom. The first kappa shape index (κ1) is 18.7. The van der Waals surface area contributed by atoms with Crippen LogP contribution in [-0.2, 0) is 10.0 Å². The third kappa shape index (κ3) is 3.46. The monoisotopic (exact) mass is 392 g/mol. The van der Waals surface area contributed by atoms with Gasteiger partial charge in [-0.25, -0.2) is 8.42 Å². The molecule has 0 saturated carbocycles. The Labute approximate surface area is 154 Å². The highest BCUT2D eigenvalue weighted by atomic mass is 32.2. The summed E-state index contributed by atoms with van der Waals surface area (Å²) >= 11 is 0. The molecule has 1 heterocycles. The molecular formula is C16H16N4O6S. The number of rotatable bonds is 6. The van der Waals surface area contributed by atoms with E-state index in [1.165, 1.54) is 36.4 Å². The SMILES string of the molecule is O=[N+]([O-])c1ccccc1N(C1CCNC1)S(=O)(=O)c1ccccc1[N+](=O)[O-]. The Bertz CT molecular complexity index is 988. The molecule has 1 fully saturated rings. The van der Waals surface area contributed by atoms with E-state index in [9.17, 15) is 28.6 Å². The van der Waals surface area contributed by atoms with E-state index in [4.69, 9.17) is 0 Å². The number of nitro benzene ring substituents is 2. The summed E-state index contributed by atoms with van der Waals surface area (Å²) in [6, 6.07) is 9.85. The van der Waals surface area contributed by atoms with Crippen LogP contribution in [0.25, 0.3) is 0 Å². The van der Waals surface area contributed by atoms with E-state index in [0.717, 1.165) is 16.4 Å². The van der Waals surface area contributed by atoms with Gasteiger partial charge >= 0.3 is 0 Å². The first-order valence-corrected chi connectivity index (χ1v) is 9.50. The number of anilines is 1. The van der Waals surface area contributed by atoms with Crippen molar-refractivity contribution >= 4 is 27.1 Å². The van der Waals surface area contributed by atoms with E-state index in [-0.39, 0.29) is 17.9 Å². The Balaban J connectivity index is 2.24. The second-order valence-electron chi connectivity index (χ2n) is 5.92. The average Bonchev–Trinajstić information content (AvgIpc) is 3.16. The van der Waals surface area contributed by atoms with E-state index in [1.54, 1.807) is 0 Å². The lowest BCUT2D eigenvalue weighted by molar-refractivity contribution is -0.387. The molecule has 1 atom stereocenters. The number of nitrogens with one attached hydrogen (secondary N) is 1. The molecule has 0 aliphatic carbocycles. The van der Waals surface area contributed by atoms with Gasteiger partial charge < -0.3 is 5.32 Å². The van der Waals surface area contributed by atoms with Gasteiger partial charge in [-0.3, -0.25) is 24.5 Å². The van der Waals surface area contributed by atoms with Gasteiger partial charge in [-0.1, -0.05) is 24.3 Å². The minimum atomic E-state index is -4.42. The zero-order chi connectivity index (χ0) is 19.6. The van der Waals surface area contributed by atoms with Crippen molar-refractivity contribution < 1.29 is 18.3 Å². The zero-order valence-corrected chi connectivity index (χ0v) is 14.8. The summed E-state index contributed by atoms with van der Waals surface area (Å²) in [7, 11) is -4.42. The standard InChI is InChI=1S/C16H16N4O6S/c21-19(22)14-6-2-1-5-13(14)18(12-9-10-17-11-12)27(25,26)16-8-4-3-7-15(16)20(23)24/h1-8,12,17H,9-11H2. The first-order chi connectivity index (χ1) is 12.8. The second kappa shape index (κ2) is 7.29. The number of benzene rings is 2. The van der Waals surface area contributed by atoms with Gasteiger partial charge in [0.25, 0.3) is 21.4 Å². The van der Waals surface area contributed by atoms with Crippen molar-refractivity contribution in [3.8, 4) is 0 Å². The van der Waals surface area contributed by atoms with Crippen molar-refractivity contribution in [2.45, 2.75) is 17.4 Å². The maximum Gasteiger partial charge on any atom is 0.293 e. The smallest absolute Gasteiger partial charge is 0.293 e. The van der Waals surface area contributed by atoms with E-state index in [1.807, 2.05) is 0 Å². The molecule has 3 rings (SSSR count). The van der Waals surface area contributed by atoms with Crippen molar-refractivity contribution in [1.29, 1.82) is 0 Å². The largest absolute Gasteiger partial charge is 0.315 e. The molecule has 0 amide bonds. The highest BCUT2D eigenvalue weighted by Crippen LogP contribution is 2.37. The average molecular weight is 392 g/mol. The van der Waals surface area contributed by atoms with Crippen molar-refractivity contribution in [1.82, 2.24) is 5.32 Å². The Morgan fingerprint density at radius 1 is 0.963 bits per heavy atom. The molecule has 1 N–H and O–H groups in total. The Hall–Kier alpha value is -3.05. The molecule has 1 unspecified atom stereocenters. The molecule has 1 aliphatic heterocycles. The number of nitro groups is 2. The van der Waals surface area contributed by atoms with E-state index in [2.05, 4.69) is 5.32 Å². The van der Waals surface area contributed by atoms with Gasteiger partial charge in [-0.15, -0.1) is 0 Å². The molecule has 2 aromatic carbocycles. The summed E-state index contributed by atoms with van der Waals surface area (Å²) in [6.07, 6.45) is 0.423. The molecule has 0 radical (unpaired) electrons.